The molecular formula is C24H18O2. The fourth-order valence-electron chi connectivity index (χ4n) is 3.58. The number of rotatable bonds is 1. The quantitative estimate of drug-likeness (QED) is 0.219. The van der Waals surface area contributed by atoms with Crippen LogP contribution in [0.5, 0.6) is 0 Å². The predicted octanol–water partition coefficient (Wildman–Crippen LogP) is 6.38. The van der Waals surface area contributed by atoms with Crippen LogP contribution >= 0.6 is 0 Å². The van der Waals surface area contributed by atoms with E-state index in [1.54, 1.807) is 0 Å². The average Bonchev–Trinajstić information content (AvgIpc) is 2.66. The van der Waals surface area contributed by atoms with Gasteiger partial charge in [0.1, 0.15) is 0 Å². The number of fused-ring (bicyclic) bond motifs is 2. The molecule has 0 aromatic heterocycles. The van der Waals surface area contributed by atoms with Crippen molar-refractivity contribution in [2.75, 3.05) is 0 Å². The molecule has 0 unspecified atom stereocenters. The number of aliphatic carboxylic acids is 1. The first kappa shape index (κ1) is 16.1. The van der Waals surface area contributed by atoms with Crippen molar-refractivity contribution in [2.45, 2.75) is 6.92 Å². The van der Waals surface area contributed by atoms with Gasteiger partial charge in [0.2, 0.25) is 0 Å². The number of carbonyl (C=O) groups is 1. The van der Waals surface area contributed by atoms with Crippen molar-refractivity contribution in [3.63, 3.8) is 0 Å². The first-order valence-corrected chi connectivity index (χ1v) is 8.51. The van der Waals surface area contributed by atoms with Crippen molar-refractivity contribution in [1.82, 2.24) is 0 Å². The van der Waals surface area contributed by atoms with E-state index in [1.807, 2.05) is 0 Å². The van der Waals surface area contributed by atoms with Gasteiger partial charge in [0, 0.05) is 5.57 Å². The molecule has 0 heterocycles. The highest BCUT2D eigenvalue weighted by Gasteiger charge is 2.11. The monoisotopic (exact) mass is 338 g/mol. The van der Waals surface area contributed by atoms with E-state index in [-0.39, 0.29) is 5.57 Å². The second-order valence-corrected chi connectivity index (χ2v) is 6.50. The van der Waals surface area contributed by atoms with Gasteiger partial charge >= 0.3 is 5.97 Å². The second kappa shape index (κ2) is 6.16. The second-order valence-electron chi connectivity index (χ2n) is 6.50. The molecule has 5 aromatic rings. The van der Waals surface area contributed by atoms with Crippen molar-refractivity contribution in [1.29, 1.82) is 0 Å². The van der Waals surface area contributed by atoms with Gasteiger partial charge in [-0.25, -0.2) is 4.79 Å². The number of hydrogen-bond donors (Lipinski definition) is 1. The van der Waals surface area contributed by atoms with Gasteiger partial charge in [-0.2, -0.15) is 0 Å². The molecule has 26 heavy (non-hydrogen) atoms. The summed E-state index contributed by atoms with van der Waals surface area (Å²) in [5.74, 6) is -0.935. The minimum absolute atomic E-state index is 0.176. The van der Waals surface area contributed by atoms with Crippen LogP contribution in [0, 0.1) is 0 Å². The molecule has 1 N–H and O–H groups in total. The maximum absolute atomic E-state index is 9.60. The highest BCUT2D eigenvalue weighted by molar-refractivity contribution is 6.32. The van der Waals surface area contributed by atoms with Gasteiger partial charge in [0.05, 0.1) is 0 Å². The molecule has 0 aliphatic heterocycles. The zero-order valence-corrected chi connectivity index (χ0v) is 14.5. The Kier molecular flexibility index (Phi) is 3.81. The number of carboxylic acid groups (broad SMARTS) is 1. The standard InChI is InChI=1S/C20H12.C4H6O2/c1-5-13-6-2-11-17-18-12-4-8-14-7-3-10-16(20(14)18)15(9-1)19(13)17;1-3(2)4(5)6/h1-12H;1H2,2H3,(H,5,6). The van der Waals surface area contributed by atoms with Crippen molar-refractivity contribution >= 4 is 49.1 Å². The molecule has 5 rings (SSSR count). The zero-order valence-electron chi connectivity index (χ0n) is 14.5. The Morgan fingerprint density at radius 3 is 1.19 bits per heavy atom. The summed E-state index contributed by atoms with van der Waals surface area (Å²) in [5.41, 5.74) is 0.176. The Hall–Kier alpha value is -3.39. The highest BCUT2D eigenvalue weighted by atomic mass is 16.4. The van der Waals surface area contributed by atoms with Gasteiger partial charge in [-0.15, -0.1) is 0 Å². The Morgan fingerprint density at radius 2 is 0.962 bits per heavy atom. The smallest absolute Gasteiger partial charge is 0.330 e. The van der Waals surface area contributed by atoms with E-state index in [9.17, 15) is 4.79 Å². The van der Waals surface area contributed by atoms with E-state index in [2.05, 4.69) is 79.4 Å². The molecule has 0 radical (unpaired) electrons. The lowest BCUT2D eigenvalue weighted by Gasteiger charge is -2.13. The van der Waals surface area contributed by atoms with Gasteiger partial charge in [0.25, 0.3) is 0 Å². The van der Waals surface area contributed by atoms with E-state index < -0.39 is 5.97 Å². The fraction of sp³-hybridized carbons (Fsp3) is 0.0417. The van der Waals surface area contributed by atoms with Crippen LogP contribution in [0.2, 0.25) is 0 Å². The van der Waals surface area contributed by atoms with E-state index >= 15 is 0 Å². The minimum atomic E-state index is -0.935. The number of carboxylic acids is 1. The maximum Gasteiger partial charge on any atom is 0.330 e. The fourth-order valence-corrected chi connectivity index (χ4v) is 3.58. The number of hydrogen-bond acceptors (Lipinski definition) is 1. The van der Waals surface area contributed by atoms with Crippen molar-refractivity contribution in [3.8, 4) is 0 Å². The molecule has 2 heteroatoms. The van der Waals surface area contributed by atoms with Crippen LogP contribution in [0.4, 0.5) is 0 Å². The van der Waals surface area contributed by atoms with Crippen LogP contribution in [0.25, 0.3) is 43.1 Å². The SMILES string of the molecule is C=C(C)C(=O)O.c1cc2cccc3c4cccc5cccc(c(c1)c23)c54. The summed E-state index contributed by atoms with van der Waals surface area (Å²) in [4.78, 5) is 9.60. The Balaban J connectivity index is 0.000000246. The molecular weight excluding hydrogens is 320 g/mol. The zero-order chi connectivity index (χ0) is 18.3. The Labute approximate surface area is 151 Å². The average molecular weight is 338 g/mol. The molecule has 126 valence electrons. The molecule has 0 aliphatic rings. The van der Waals surface area contributed by atoms with E-state index in [0.29, 0.717) is 0 Å². The third kappa shape index (κ3) is 2.47. The molecule has 0 saturated heterocycles. The third-order valence-corrected chi connectivity index (χ3v) is 4.75. The molecule has 0 amide bonds. The lowest BCUT2D eigenvalue weighted by molar-refractivity contribution is -0.132. The first-order valence-electron chi connectivity index (χ1n) is 8.51. The summed E-state index contributed by atoms with van der Waals surface area (Å²) in [5, 5.41) is 18.8. The third-order valence-electron chi connectivity index (χ3n) is 4.75. The summed E-state index contributed by atoms with van der Waals surface area (Å²) in [6, 6.07) is 26.4. The molecule has 2 nitrogen and oxygen atoms in total. The minimum Gasteiger partial charge on any atom is -0.478 e. The van der Waals surface area contributed by atoms with Gasteiger partial charge in [-0.1, -0.05) is 79.4 Å². The van der Waals surface area contributed by atoms with Gasteiger partial charge in [0.15, 0.2) is 0 Å². The van der Waals surface area contributed by atoms with Crippen molar-refractivity contribution < 1.29 is 9.90 Å². The first-order chi connectivity index (χ1) is 12.6. The van der Waals surface area contributed by atoms with Crippen LogP contribution in [0.3, 0.4) is 0 Å². The Bertz CT molecular complexity index is 1100. The molecule has 0 saturated carbocycles. The van der Waals surface area contributed by atoms with Crippen LogP contribution in [0.15, 0.2) is 84.9 Å². The summed E-state index contributed by atoms with van der Waals surface area (Å²) >= 11 is 0. The largest absolute Gasteiger partial charge is 0.478 e. The van der Waals surface area contributed by atoms with Crippen LogP contribution in [-0.4, -0.2) is 11.1 Å². The van der Waals surface area contributed by atoms with Crippen molar-refractivity contribution in [2.24, 2.45) is 0 Å². The molecule has 5 aromatic carbocycles. The molecule has 0 spiro atoms. The molecule has 0 atom stereocenters. The van der Waals surface area contributed by atoms with E-state index in [4.69, 9.17) is 5.11 Å². The highest BCUT2D eigenvalue weighted by Crippen LogP contribution is 2.39. The van der Waals surface area contributed by atoms with Gasteiger partial charge in [-0.3, -0.25) is 0 Å². The summed E-state index contributed by atoms with van der Waals surface area (Å²) in [6.45, 7) is 4.60. The van der Waals surface area contributed by atoms with E-state index in [0.717, 1.165) is 0 Å². The topological polar surface area (TPSA) is 37.3 Å². The molecule has 0 aliphatic carbocycles. The predicted molar refractivity (Wildman–Crippen MR) is 110 cm³/mol. The summed E-state index contributed by atoms with van der Waals surface area (Å²) < 4.78 is 0. The lowest BCUT2D eigenvalue weighted by atomic mass is 9.90. The molecule has 0 bridgehead atoms. The van der Waals surface area contributed by atoms with E-state index in [1.165, 1.54) is 50.0 Å². The van der Waals surface area contributed by atoms with Gasteiger partial charge in [-0.05, 0) is 50.0 Å². The lowest BCUT2D eigenvalue weighted by Crippen LogP contribution is -1.92. The normalized spacial score (nSPS) is 11.0. The summed E-state index contributed by atoms with van der Waals surface area (Å²) in [7, 11) is 0. The molecule has 0 fully saturated rings. The summed E-state index contributed by atoms with van der Waals surface area (Å²) in [6.07, 6.45) is 0. The van der Waals surface area contributed by atoms with Gasteiger partial charge < -0.3 is 5.11 Å². The van der Waals surface area contributed by atoms with Crippen LogP contribution in [-0.2, 0) is 4.79 Å². The number of benzene rings is 5. The van der Waals surface area contributed by atoms with Crippen LogP contribution < -0.4 is 0 Å². The maximum atomic E-state index is 9.60. The van der Waals surface area contributed by atoms with Crippen molar-refractivity contribution in [3.05, 3.63) is 84.9 Å². The Morgan fingerprint density at radius 1 is 0.692 bits per heavy atom. The van der Waals surface area contributed by atoms with Crippen LogP contribution in [0.1, 0.15) is 6.92 Å².